The fourth-order valence-electron chi connectivity index (χ4n) is 4.63. The molecule has 0 aliphatic carbocycles. The minimum absolute atomic E-state index is 0.505. The van der Waals surface area contributed by atoms with Crippen LogP contribution in [0.5, 0.6) is 5.75 Å². The van der Waals surface area contributed by atoms with Crippen molar-refractivity contribution in [1.29, 1.82) is 0 Å². The number of benzene rings is 2. The van der Waals surface area contributed by atoms with Gasteiger partial charge in [0.05, 0.1) is 0 Å². The van der Waals surface area contributed by atoms with E-state index < -0.39 is 0 Å². The molecule has 0 spiro atoms. The van der Waals surface area contributed by atoms with E-state index in [0.717, 1.165) is 31.9 Å². The molecular weight excluding hydrogens is 344 g/mol. The first-order valence-corrected chi connectivity index (χ1v) is 10.9. The lowest BCUT2D eigenvalue weighted by atomic mass is 9.96. The first-order valence-electron chi connectivity index (χ1n) is 10.9. The SMILES string of the molecule is CC(C)N1CCc2ccc(CC(C)N3CCOc4ccccc4C3)cc2CC1. The molecule has 2 aliphatic heterocycles. The number of hydrogen-bond acceptors (Lipinski definition) is 3. The number of fused-ring (bicyclic) bond motifs is 2. The fraction of sp³-hybridized carbons (Fsp3) is 0.520. The molecular formula is C25H34N2O. The van der Waals surface area contributed by atoms with Crippen LogP contribution < -0.4 is 4.74 Å². The van der Waals surface area contributed by atoms with Crippen LogP contribution in [0.25, 0.3) is 0 Å². The summed E-state index contributed by atoms with van der Waals surface area (Å²) >= 11 is 0. The lowest BCUT2D eigenvalue weighted by molar-refractivity contribution is 0.178. The summed E-state index contributed by atoms with van der Waals surface area (Å²) < 4.78 is 5.95. The van der Waals surface area contributed by atoms with Gasteiger partial charge in [-0.1, -0.05) is 36.4 Å². The van der Waals surface area contributed by atoms with Crippen molar-refractivity contribution in [2.45, 2.75) is 58.7 Å². The van der Waals surface area contributed by atoms with Gasteiger partial charge in [0, 0.05) is 43.8 Å². The van der Waals surface area contributed by atoms with E-state index in [4.69, 9.17) is 4.74 Å². The first-order chi connectivity index (χ1) is 13.6. The average Bonchev–Trinajstić information content (AvgIpc) is 3.04. The maximum Gasteiger partial charge on any atom is 0.123 e. The Morgan fingerprint density at radius 3 is 2.46 bits per heavy atom. The quantitative estimate of drug-likeness (QED) is 0.788. The van der Waals surface area contributed by atoms with Gasteiger partial charge in [-0.05, 0) is 62.8 Å². The van der Waals surface area contributed by atoms with Crippen LogP contribution >= 0.6 is 0 Å². The average molecular weight is 379 g/mol. The van der Waals surface area contributed by atoms with Crippen molar-refractivity contribution in [2.24, 2.45) is 0 Å². The zero-order valence-corrected chi connectivity index (χ0v) is 17.7. The highest BCUT2D eigenvalue weighted by Gasteiger charge is 2.21. The summed E-state index contributed by atoms with van der Waals surface area (Å²) in [6, 6.07) is 16.9. The van der Waals surface area contributed by atoms with Crippen LogP contribution in [0.2, 0.25) is 0 Å². The number of ether oxygens (including phenoxy) is 1. The van der Waals surface area contributed by atoms with E-state index >= 15 is 0 Å². The van der Waals surface area contributed by atoms with Crippen LogP contribution in [-0.4, -0.2) is 48.1 Å². The Kier molecular flexibility index (Phi) is 6.03. The van der Waals surface area contributed by atoms with Crippen molar-refractivity contribution in [3.05, 3.63) is 64.7 Å². The van der Waals surface area contributed by atoms with E-state index in [2.05, 4.69) is 73.0 Å². The molecule has 0 amide bonds. The topological polar surface area (TPSA) is 15.7 Å². The molecule has 150 valence electrons. The Hall–Kier alpha value is -1.84. The molecule has 2 aliphatic rings. The van der Waals surface area contributed by atoms with Crippen LogP contribution in [0.4, 0.5) is 0 Å². The van der Waals surface area contributed by atoms with Gasteiger partial charge in [0.2, 0.25) is 0 Å². The minimum Gasteiger partial charge on any atom is -0.492 e. The van der Waals surface area contributed by atoms with Crippen molar-refractivity contribution in [2.75, 3.05) is 26.2 Å². The molecule has 2 heterocycles. The largest absolute Gasteiger partial charge is 0.492 e. The number of rotatable bonds is 4. The lowest BCUT2D eigenvalue weighted by Gasteiger charge is -2.27. The van der Waals surface area contributed by atoms with E-state index in [1.165, 1.54) is 37.1 Å². The first kappa shape index (κ1) is 19.5. The van der Waals surface area contributed by atoms with Gasteiger partial charge in [-0.15, -0.1) is 0 Å². The molecule has 0 saturated heterocycles. The number of hydrogen-bond donors (Lipinski definition) is 0. The normalized spacial score (nSPS) is 19.3. The molecule has 2 aromatic rings. The molecule has 0 bridgehead atoms. The molecule has 0 fully saturated rings. The Morgan fingerprint density at radius 1 is 0.857 bits per heavy atom. The molecule has 1 unspecified atom stereocenters. The Labute approximate surface area is 170 Å². The van der Waals surface area contributed by atoms with E-state index in [1.54, 1.807) is 11.1 Å². The van der Waals surface area contributed by atoms with Gasteiger partial charge in [-0.25, -0.2) is 0 Å². The molecule has 3 nitrogen and oxygen atoms in total. The van der Waals surface area contributed by atoms with Gasteiger partial charge in [0.15, 0.2) is 0 Å². The third kappa shape index (κ3) is 4.42. The Morgan fingerprint density at radius 2 is 1.64 bits per heavy atom. The van der Waals surface area contributed by atoms with Gasteiger partial charge >= 0.3 is 0 Å². The molecule has 0 N–H and O–H groups in total. The third-order valence-corrected chi connectivity index (χ3v) is 6.47. The highest BCUT2D eigenvalue weighted by molar-refractivity contribution is 5.35. The summed E-state index contributed by atoms with van der Waals surface area (Å²) in [5, 5.41) is 0. The van der Waals surface area contributed by atoms with Crippen LogP contribution in [0.15, 0.2) is 42.5 Å². The van der Waals surface area contributed by atoms with Crippen LogP contribution in [-0.2, 0) is 25.8 Å². The van der Waals surface area contributed by atoms with Crippen molar-refractivity contribution in [3.8, 4) is 5.75 Å². The van der Waals surface area contributed by atoms with Gasteiger partial charge in [0.1, 0.15) is 12.4 Å². The highest BCUT2D eigenvalue weighted by atomic mass is 16.5. The molecule has 1 atom stereocenters. The zero-order valence-electron chi connectivity index (χ0n) is 17.7. The van der Waals surface area contributed by atoms with Crippen LogP contribution in [0.1, 0.15) is 43.0 Å². The summed E-state index contributed by atoms with van der Waals surface area (Å²) in [6.45, 7) is 12.1. The van der Waals surface area contributed by atoms with Crippen molar-refractivity contribution in [1.82, 2.24) is 9.80 Å². The Balaban J connectivity index is 1.43. The molecule has 28 heavy (non-hydrogen) atoms. The molecule has 0 aromatic heterocycles. The second kappa shape index (κ2) is 8.67. The van der Waals surface area contributed by atoms with Gasteiger partial charge in [-0.2, -0.15) is 0 Å². The maximum absolute atomic E-state index is 5.95. The van der Waals surface area contributed by atoms with Crippen molar-refractivity contribution < 1.29 is 4.74 Å². The summed E-state index contributed by atoms with van der Waals surface area (Å²) in [4.78, 5) is 5.18. The molecule has 4 rings (SSSR count). The maximum atomic E-state index is 5.95. The van der Waals surface area contributed by atoms with Gasteiger partial charge in [0.25, 0.3) is 0 Å². The molecule has 0 saturated carbocycles. The fourth-order valence-corrected chi connectivity index (χ4v) is 4.63. The smallest absolute Gasteiger partial charge is 0.123 e. The summed E-state index contributed by atoms with van der Waals surface area (Å²) in [5.41, 5.74) is 5.90. The predicted molar refractivity (Wildman–Crippen MR) is 116 cm³/mol. The second-order valence-electron chi connectivity index (χ2n) is 8.71. The van der Waals surface area contributed by atoms with Gasteiger partial charge < -0.3 is 9.64 Å². The van der Waals surface area contributed by atoms with E-state index in [0.29, 0.717) is 12.1 Å². The number of para-hydroxylation sites is 1. The summed E-state index contributed by atoms with van der Waals surface area (Å²) in [7, 11) is 0. The Bertz CT molecular complexity index is 801. The van der Waals surface area contributed by atoms with Crippen LogP contribution in [0.3, 0.4) is 0 Å². The predicted octanol–water partition coefficient (Wildman–Crippen LogP) is 4.32. The zero-order chi connectivity index (χ0) is 19.5. The molecule has 2 aromatic carbocycles. The monoisotopic (exact) mass is 378 g/mol. The molecule has 0 radical (unpaired) electrons. The third-order valence-electron chi connectivity index (χ3n) is 6.47. The molecule has 3 heteroatoms. The van der Waals surface area contributed by atoms with E-state index in [-0.39, 0.29) is 0 Å². The summed E-state index contributed by atoms with van der Waals surface area (Å²) in [6.07, 6.45) is 3.47. The highest BCUT2D eigenvalue weighted by Crippen LogP contribution is 2.25. The van der Waals surface area contributed by atoms with Crippen LogP contribution in [0, 0.1) is 0 Å². The summed E-state index contributed by atoms with van der Waals surface area (Å²) in [5.74, 6) is 1.05. The van der Waals surface area contributed by atoms with Gasteiger partial charge in [-0.3, -0.25) is 4.90 Å². The standard InChI is InChI=1S/C25H34N2O/c1-19(2)26-12-10-22-9-8-21(17-23(22)11-13-26)16-20(3)27-14-15-28-25-7-5-4-6-24(25)18-27/h4-9,17,19-20H,10-16,18H2,1-3H3. The van der Waals surface area contributed by atoms with E-state index in [9.17, 15) is 0 Å². The lowest BCUT2D eigenvalue weighted by Crippen LogP contribution is -2.35. The van der Waals surface area contributed by atoms with E-state index in [1.807, 2.05) is 0 Å². The minimum atomic E-state index is 0.505. The number of nitrogens with zero attached hydrogens (tertiary/aromatic N) is 2. The van der Waals surface area contributed by atoms with Crippen molar-refractivity contribution in [3.63, 3.8) is 0 Å². The second-order valence-corrected chi connectivity index (χ2v) is 8.71. The van der Waals surface area contributed by atoms with Crippen molar-refractivity contribution >= 4 is 0 Å².